The summed E-state index contributed by atoms with van der Waals surface area (Å²) in [7, 11) is 2.98. The van der Waals surface area contributed by atoms with E-state index < -0.39 is 12.0 Å². The summed E-state index contributed by atoms with van der Waals surface area (Å²) in [5, 5.41) is 3.56. The first-order valence-corrected chi connectivity index (χ1v) is 13.3. The zero-order valence-electron chi connectivity index (χ0n) is 22.0. The van der Waals surface area contributed by atoms with Crippen LogP contribution in [0.5, 0.6) is 5.75 Å². The van der Waals surface area contributed by atoms with Crippen molar-refractivity contribution >= 4 is 29.0 Å². The average molecular weight is 523 g/mol. The van der Waals surface area contributed by atoms with Gasteiger partial charge in [0.15, 0.2) is 5.78 Å². The number of rotatable bonds is 5. The zero-order chi connectivity index (χ0) is 27.1. The molecule has 1 amide bonds. The molecule has 1 heterocycles. The number of ketones is 1. The number of hydrogen-bond acceptors (Lipinski definition) is 6. The second-order valence-electron chi connectivity index (χ2n) is 10.3. The number of nitrogens with one attached hydrogen (secondary N) is 1. The lowest BCUT2D eigenvalue weighted by Crippen LogP contribution is -2.39. The van der Waals surface area contributed by atoms with Crippen molar-refractivity contribution in [2.24, 2.45) is 5.92 Å². The van der Waals surface area contributed by atoms with Gasteiger partial charge < -0.3 is 14.8 Å². The van der Waals surface area contributed by atoms with Gasteiger partial charge in [-0.3, -0.25) is 14.5 Å². The average Bonchev–Trinajstić information content (AvgIpc) is 3.83. The highest BCUT2D eigenvalue weighted by Crippen LogP contribution is 2.49. The van der Waals surface area contributed by atoms with E-state index in [2.05, 4.69) is 5.32 Å². The molecule has 6 rings (SSSR count). The first kappa shape index (κ1) is 24.9. The van der Waals surface area contributed by atoms with E-state index in [4.69, 9.17) is 9.47 Å². The van der Waals surface area contributed by atoms with E-state index in [0.29, 0.717) is 24.0 Å². The number of fused-ring (bicyclic) bond motifs is 1. The summed E-state index contributed by atoms with van der Waals surface area (Å²) < 4.78 is 10.2. The van der Waals surface area contributed by atoms with Crippen molar-refractivity contribution < 1.29 is 23.9 Å². The molecule has 0 spiro atoms. The lowest BCUT2D eigenvalue weighted by Gasteiger charge is -2.35. The van der Waals surface area contributed by atoms with Crippen LogP contribution in [-0.2, 0) is 14.3 Å². The number of ether oxygens (including phenoxy) is 2. The number of anilines is 2. The summed E-state index contributed by atoms with van der Waals surface area (Å²) in [5.74, 6) is 0.305. The van der Waals surface area contributed by atoms with Crippen molar-refractivity contribution in [3.63, 3.8) is 0 Å². The van der Waals surface area contributed by atoms with Gasteiger partial charge in [-0.05, 0) is 72.7 Å². The Balaban J connectivity index is 1.49. The molecule has 2 atom stereocenters. The van der Waals surface area contributed by atoms with Crippen LogP contribution in [0.4, 0.5) is 11.4 Å². The molecule has 198 valence electrons. The van der Waals surface area contributed by atoms with Crippen LogP contribution in [0.3, 0.4) is 0 Å². The standard InChI is InChI=1S/C32H30N2O5/c1-38-24-15-13-19(14-16-24)23-17-26-29(28(35)18-23)30(20-7-11-22(12-8-20)32(37)39-2)34(31(36)21-9-10-21)27-6-4-3-5-25(27)33-26/h3-8,11-16,21,23,30,33H,9-10,17-18H2,1-2H3/t23-,30-/m1/s1. The Bertz CT molecular complexity index is 1470. The Morgan fingerprint density at radius 3 is 2.23 bits per heavy atom. The monoisotopic (exact) mass is 522 g/mol. The minimum Gasteiger partial charge on any atom is -0.497 e. The normalized spacial score (nSPS) is 20.4. The highest BCUT2D eigenvalue weighted by molar-refractivity contribution is 6.07. The molecular formula is C32H30N2O5. The smallest absolute Gasteiger partial charge is 0.337 e. The number of allylic oxidation sites excluding steroid dienone is 1. The fraction of sp³-hybridized carbons (Fsp3) is 0.281. The van der Waals surface area contributed by atoms with Crippen LogP contribution in [-0.4, -0.2) is 31.9 Å². The summed E-state index contributed by atoms with van der Waals surface area (Å²) in [6.07, 6.45) is 2.66. The van der Waals surface area contributed by atoms with Crippen molar-refractivity contribution in [2.75, 3.05) is 24.4 Å². The minimum absolute atomic E-state index is 0.00477. The molecule has 3 aromatic carbocycles. The number of nitrogens with zero attached hydrogens (tertiary/aromatic N) is 1. The fourth-order valence-electron chi connectivity index (χ4n) is 5.71. The molecule has 3 aliphatic rings. The molecular weight excluding hydrogens is 492 g/mol. The summed E-state index contributed by atoms with van der Waals surface area (Å²) in [5.41, 5.74) is 5.25. The molecule has 0 aromatic heterocycles. The molecule has 1 aliphatic heterocycles. The summed E-state index contributed by atoms with van der Waals surface area (Å²) in [6.45, 7) is 0. The molecule has 39 heavy (non-hydrogen) atoms. The van der Waals surface area contributed by atoms with Crippen molar-refractivity contribution in [3.8, 4) is 5.75 Å². The Morgan fingerprint density at radius 1 is 0.872 bits per heavy atom. The van der Waals surface area contributed by atoms with Crippen LogP contribution in [0.2, 0.25) is 0 Å². The molecule has 0 bridgehead atoms. The van der Waals surface area contributed by atoms with E-state index in [1.165, 1.54) is 7.11 Å². The first-order chi connectivity index (χ1) is 19.0. The van der Waals surface area contributed by atoms with Crippen molar-refractivity contribution in [1.82, 2.24) is 0 Å². The van der Waals surface area contributed by atoms with Crippen LogP contribution in [0.15, 0.2) is 84.1 Å². The van der Waals surface area contributed by atoms with Crippen LogP contribution in [0.1, 0.15) is 59.1 Å². The summed E-state index contributed by atoms with van der Waals surface area (Å²) >= 11 is 0. The second kappa shape index (κ2) is 10.1. The van der Waals surface area contributed by atoms with Gasteiger partial charge in [-0.25, -0.2) is 4.79 Å². The number of amides is 1. The number of Topliss-reactive ketones (excluding diaryl/α,β-unsaturated/α-hetero) is 1. The molecule has 1 saturated carbocycles. The van der Waals surface area contributed by atoms with Crippen LogP contribution in [0, 0.1) is 5.92 Å². The summed E-state index contributed by atoms with van der Waals surface area (Å²) in [6, 6.07) is 22.0. The van der Waals surface area contributed by atoms with Crippen LogP contribution in [0.25, 0.3) is 0 Å². The number of esters is 1. The van der Waals surface area contributed by atoms with Crippen LogP contribution >= 0.6 is 0 Å². The van der Waals surface area contributed by atoms with Gasteiger partial charge in [0.2, 0.25) is 5.91 Å². The van der Waals surface area contributed by atoms with Crippen molar-refractivity contribution in [3.05, 3.63) is 101 Å². The van der Waals surface area contributed by atoms with E-state index in [1.807, 2.05) is 60.7 Å². The lowest BCUT2D eigenvalue weighted by molar-refractivity contribution is -0.120. The molecule has 1 fully saturated rings. The minimum atomic E-state index is -0.611. The van der Waals surface area contributed by atoms with Gasteiger partial charge in [0, 0.05) is 23.6 Å². The maximum atomic E-state index is 14.1. The maximum absolute atomic E-state index is 14.1. The predicted octanol–water partition coefficient (Wildman–Crippen LogP) is 5.79. The number of carbonyl (C=O) groups is 3. The fourth-order valence-corrected chi connectivity index (χ4v) is 5.71. The van der Waals surface area contributed by atoms with Gasteiger partial charge in [0.1, 0.15) is 5.75 Å². The third-order valence-electron chi connectivity index (χ3n) is 7.89. The predicted molar refractivity (Wildman–Crippen MR) is 148 cm³/mol. The van der Waals surface area contributed by atoms with Gasteiger partial charge in [-0.2, -0.15) is 0 Å². The SMILES string of the molecule is COC(=O)c1ccc([C@@H]2C3=C(C[C@@H](c4ccc(OC)cc4)CC3=O)Nc3ccccc3N2C(=O)C2CC2)cc1. The molecule has 2 aliphatic carbocycles. The maximum Gasteiger partial charge on any atom is 0.337 e. The molecule has 7 heteroatoms. The number of methoxy groups -OCH3 is 2. The van der Waals surface area contributed by atoms with E-state index in [-0.39, 0.29) is 23.5 Å². The van der Waals surface area contributed by atoms with E-state index in [9.17, 15) is 14.4 Å². The van der Waals surface area contributed by atoms with E-state index >= 15 is 0 Å². The van der Waals surface area contributed by atoms with Crippen molar-refractivity contribution in [2.45, 2.75) is 37.6 Å². The van der Waals surface area contributed by atoms with Gasteiger partial charge >= 0.3 is 5.97 Å². The molecule has 0 radical (unpaired) electrons. The summed E-state index contributed by atoms with van der Waals surface area (Å²) in [4.78, 5) is 41.9. The van der Waals surface area contributed by atoms with Gasteiger partial charge in [-0.1, -0.05) is 36.4 Å². The second-order valence-corrected chi connectivity index (χ2v) is 10.3. The molecule has 1 N–H and O–H groups in total. The largest absolute Gasteiger partial charge is 0.497 e. The quantitative estimate of drug-likeness (QED) is 0.427. The van der Waals surface area contributed by atoms with Crippen LogP contribution < -0.4 is 15.0 Å². The Morgan fingerprint density at radius 2 is 1.56 bits per heavy atom. The topological polar surface area (TPSA) is 84.9 Å². The Kier molecular flexibility index (Phi) is 6.43. The highest BCUT2D eigenvalue weighted by atomic mass is 16.5. The van der Waals surface area contributed by atoms with Crippen molar-refractivity contribution in [1.29, 1.82) is 0 Å². The van der Waals surface area contributed by atoms with Gasteiger partial charge in [0.25, 0.3) is 0 Å². The highest BCUT2D eigenvalue weighted by Gasteiger charge is 2.45. The lowest BCUT2D eigenvalue weighted by atomic mass is 9.78. The van der Waals surface area contributed by atoms with Gasteiger partial charge in [0.05, 0.1) is 37.2 Å². The molecule has 0 unspecified atom stereocenters. The number of para-hydroxylation sites is 2. The molecule has 7 nitrogen and oxygen atoms in total. The third kappa shape index (κ3) is 4.58. The Labute approximate surface area is 227 Å². The Hall–Kier alpha value is -4.39. The first-order valence-electron chi connectivity index (χ1n) is 13.3. The third-order valence-corrected chi connectivity index (χ3v) is 7.89. The number of hydrogen-bond donors (Lipinski definition) is 1. The van der Waals surface area contributed by atoms with E-state index in [1.54, 1.807) is 24.1 Å². The molecule has 3 aromatic rings. The van der Waals surface area contributed by atoms with E-state index in [0.717, 1.165) is 46.8 Å². The van der Waals surface area contributed by atoms with Gasteiger partial charge in [-0.15, -0.1) is 0 Å². The zero-order valence-corrected chi connectivity index (χ0v) is 22.0. The number of benzene rings is 3. The molecule has 0 saturated heterocycles. The number of carbonyl (C=O) groups excluding carboxylic acids is 3.